The number of amides is 1. The van der Waals surface area contributed by atoms with Crippen LogP contribution < -0.4 is 5.32 Å². The number of aromatic carboxylic acids is 1. The normalized spacial score (nSPS) is 22.4. The molecule has 2 N–H and O–H groups in total. The van der Waals surface area contributed by atoms with Gasteiger partial charge in [0.2, 0.25) is 5.91 Å². The fourth-order valence-corrected chi connectivity index (χ4v) is 3.03. The summed E-state index contributed by atoms with van der Waals surface area (Å²) in [5.74, 6) is -0.742. The monoisotopic (exact) mass is 274 g/mol. The van der Waals surface area contributed by atoms with Gasteiger partial charge in [0.05, 0.1) is 5.56 Å². The van der Waals surface area contributed by atoms with Crippen molar-refractivity contribution in [1.82, 2.24) is 10.2 Å². The number of carbonyl (C=O) groups excluding carboxylic acids is 1. The molecule has 0 aromatic heterocycles. The number of nitrogens with one attached hydrogen (secondary N) is 1. The summed E-state index contributed by atoms with van der Waals surface area (Å²) in [7, 11) is 0. The van der Waals surface area contributed by atoms with Crippen LogP contribution >= 0.6 is 0 Å². The molecule has 1 fully saturated rings. The van der Waals surface area contributed by atoms with Gasteiger partial charge in [0, 0.05) is 32.1 Å². The van der Waals surface area contributed by atoms with E-state index in [4.69, 9.17) is 5.11 Å². The summed E-state index contributed by atoms with van der Waals surface area (Å²) in [6.07, 6.45) is 2.46. The lowest BCUT2D eigenvalue weighted by molar-refractivity contribution is -0.119. The van der Waals surface area contributed by atoms with Crippen LogP contribution in [0.25, 0.3) is 0 Å². The fourth-order valence-electron chi connectivity index (χ4n) is 3.03. The average Bonchev–Trinajstić information content (AvgIpc) is 2.83. The minimum absolute atomic E-state index is 0.139. The first-order valence-electron chi connectivity index (χ1n) is 6.98. The number of carboxylic acid groups (broad SMARTS) is 1. The quantitative estimate of drug-likeness (QED) is 0.863. The molecule has 5 nitrogen and oxygen atoms in total. The number of rotatable bonds is 3. The molecule has 106 valence electrons. The Balaban J connectivity index is 1.69. The highest BCUT2D eigenvalue weighted by atomic mass is 16.4. The zero-order chi connectivity index (χ0) is 14.1. The van der Waals surface area contributed by atoms with Gasteiger partial charge in [-0.3, -0.25) is 9.69 Å². The van der Waals surface area contributed by atoms with E-state index in [1.807, 2.05) is 6.07 Å². The molecule has 20 heavy (non-hydrogen) atoms. The summed E-state index contributed by atoms with van der Waals surface area (Å²) >= 11 is 0. The zero-order valence-corrected chi connectivity index (χ0v) is 11.3. The lowest BCUT2D eigenvalue weighted by atomic mass is 9.97. The van der Waals surface area contributed by atoms with Crippen molar-refractivity contribution in [3.63, 3.8) is 0 Å². The van der Waals surface area contributed by atoms with E-state index < -0.39 is 5.97 Å². The van der Waals surface area contributed by atoms with Crippen molar-refractivity contribution < 1.29 is 14.7 Å². The van der Waals surface area contributed by atoms with Crippen LogP contribution in [-0.4, -0.2) is 41.0 Å². The Bertz CT molecular complexity index is 556. The molecule has 2 heterocycles. The molecule has 0 bridgehead atoms. The van der Waals surface area contributed by atoms with Gasteiger partial charge in [0.1, 0.15) is 0 Å². The highest BCUT2D eigenvalue weighted by Gasteiger charge is 2.25. The maximum atomic E-state index is 11.2. The van der Waals surface area contributed by atoms with Crippen LogP contribution in [0.2, 0.25) is 0 Å². The van der Waals surface area contributed by atoms with E-state index in [0.717, 1.165) is 38.0 Å². The Morgan fingerprint density at radius 1 is 1.35 bits per heavy atom. The highest BCUT2D eigenvalue weighted by Crippen LogP contribution is 2.21. The van der Waals surface area contributed by atoms with Gasteiger partial charge in [-0.1, -0.05) is 6.07 Å². The summed E-state index contributed by atoms with van der Waals surface area (Å²) < 4.78 is 0. The fraction of sp³-hybridized carbons (Fsp3) is 0.467. The molecule has 1 saturated heterocycles. The van der Waals surface area contributed by atoms with Gasteiger partial charge in [-0.05, 0) is 36.1 Å². The molecule has 1 aromatic carbocycles. The number of carboxylic acids is 1. The van der Waals surface area contributed by atoms with Crippen LogP contribution in [0, 0.1) is 0 Å². The van der Waals surface area contributed by atoms with Gasteiger partial charge < -0.3 is 10.4 Å². The van der Waals surface area contributed by atoms with Crippen molar-refractivity contribution in [2.24, 2.45) is 0 Å². The predicted molar refractivity (Wildman–Crippen MR) is 73.5 cm³/mol. The van der Waals surface area contributed by atoms with E-state index in [1.54, 1.807) is 12.1 Å². The van der Waals surface area contributed by atoms with Crippen LogP contribution in [-0.2, 0) is 17.8 Å². The Kier molecular flexibility index (Phi) is 3.44. The van der Waals surface area contributed by atoms with Crippen LogP contribution in [0.15, 0.2) is 18.2 Å². The molecule has 2 aliphatic rings. The van der Waals surface area contributed by atoms with E-state index in [9.17, 15) is 9.59 Å². The van der Waals surface area contributed by atoms with Crippen LogP contribution in [0.5, 0.6) is 0 Å². The number of hydrogen-bond acceptors (Lipinski definition) is 3. The summed E-state index contributed by atoms with van der Waals surface area (Å²) in [6, 6.07) is 5.62. The van der Waals surface area contributed by atoms with E-state index in [1.165, 1.54) is 5.56 Å². The van der Waals surface area contributed by atoms with Gasteiger partial charge >= 0.3 is 5.97 Å². The van der Waals surface area contributed by atoms with Crippen molar-refractivity contribution >= 4 is 11.9 Å². The molecular formula is C15H18N2O3. The standard InChI is InChI=1S/C15H18N2O3/c18-14-4-3-13(16-14)9-17-6-5-10-1-2-11(15(19)20)7-12(10)8-17/h1-2,7,13H,3-6,8-9H2,(H,16,18)(H,19,20). The summed E-state index contributed by atoms with van der Waals surface area (Å²) in [5.41, 5.74) is 2.68. The number of hydrogen-bond donors (Lipinski definition) is 2. The summed E-state index contributed by atoms with van der Waals surface area (Å²) in [4.78, 5) is 24.5. The second-order valence-electron chi connectivity index (χ2n) is 5.58. The Morgan fingerprint density at radius 2 is 2.20 bits per heavy atom. The third-order valence-corrected chi connectivity index (χ3v) is 4.11. The third-order valence-electron chi connectivity index (χ3n) is 4.11. The SMILES string of the molecule is O=C1CCC(CN2CCc3ccc(C(=O)O)cc3C2)N1. The Hall–Kier alpha value is -1.88. The molecule has 0 aliphatic carbocycles. The molecule has 0 saturated carbocycles. The average molecular weight is 274 g/mol. The van der Waals surface area contributed by atoms with Gasteiger partial charge in [-0.25, -0.2) is 4.79 Å². The molecule has 1 atom stereocenters. The maximum Gasteiger partial charge on any atom is 0.335 e. The molecule has 5 heteroatoms. The Labute approximate surface area is 117 Å². The Morgan fingerprint density at radius 3 is 2.90 bits per heavy atom. The van der Waals surface area contributed by atoms with Gasteiger partial charge in [0.25, 0.3) is 0 Å². The smallest absolute Gasteiger partial charge is 0.335 e. The molecule has 0 radical (unpaired) electrons. The minimum atomic E-state index is -0.882. The van der Waals surface area contributed by atoms with Gasteiger partial charge in [-0.2, -0.15) is 0 Å². The molecule has 0 spiro atoms. The first-order valence-corrected chi connectivity index (χ1v) is 6.98. The first-order chi connectivity index (χ1) is 9.61. The van der Waals surface area contributed by atoms with Crippen molar-refractivity contribution in [2.75, 3.05) is 13.1 Å². The van der Waals surface area contributed by atoms with Crippen LogP contribution in [0.3, 0.4) is 0 Å². The van der Waals surface area contributed by atoms with Gasteiger partial charge in [-0.15, -0.1) is 0 Å². The van der Waals surface area contributed by atoms with E-state index >= 15 is 0 Å². The molecule has 3 rings (SSSR count). The second-order valence-corrected chi connectivity index (χ2v) is 5.58. The van der Waals surface area contributed by atoms with Crippen LogP contribution in [0.1, 0.15) is 34.3 Å². The molecule has 1 unspecified atom stereocenters. The maximum absolute atomic E-state index is 11.2. The highest BCUT2D eigenvalue weighted by molar-refractivity contribution is 5.87. The molecular weight excluding hydrogens is 256 g/mol. The van der Waals surface area contributed by atoms with Crippen LogP contribution in [0.4, 0.5) is 0 Å². The lowest BCUT2D eigenvalue weighted by Crippen LogP contribution is -2.41. The molecule has 1 aromatic rings. The predicted octanol–water partition coefficient (Wildman–Crippen LogP) is 1.02. The zero-order valence-electron chi connectivity index (χ0n) is 11.3. The lowest BCUT2D eigenvalue weighted by Gasteiger charge is -2.30. The number of fused-ring (bicyclic) bond motifs is 1. The summed E-state index contributed by atoms with van der Waals surface area (Å²) in [6.45, 7) is 2.58. The van der Waals surface area contributed by atoms with E-state index in [2.05, 4.69) is 10.2 Å². The van der Waals surface area contributed by atoms with Crippen molar-refractivity contribution in [1.29, 1.82) is 0 Å². The minimum Gasteiger partial charge on any atom is -0.478 e. The number of nitrogens with zero attached hydrogens (tertiary/aromatic N) is 1. The van der Waals surface area contributed by atoms with Crippen molar-refractivity contribution in [2.45, 2.75) is 31.8 Å². The number of benzene rings is 1. The second kappa shape index (κ2) is 5.25. The van der Waals surface area contributed by atoms with Crippen molar-refractivity contribution in [3.8, 4) is 0 Å². The van der Waals surface area contributed by atoms with Crippen molar-refractivity contribution in [3.05, 3.63) is 34.9 Å². The molecule has 1 amide bonds. The van der Waals surface area contributed by atoms with Gasteiger partial charge in [0.15, 0.2) is 0 Å². The van der Waals surface area contributed by atoms with E-state index in [0.29, 0.717) is 12.0 Å². The molecule has 2 aliphatic heterocycles. The first kappa shape index (κ1) is 13.1. The van der Waals surface area contributed by atoms with E-state index in [-0.39, 0.29) is 11.9 Å². The third kappa shape index (κ3) is 2.67. The largest absolute Gasteiger partial charge is 0.478 e. The topological polar surface area (TPSA) is 69.6 Å². The number of carbonyl (C=O) groups is 2. The summed E-state index contributed by atoms with van der Waals surface area (Å²) in [5, 5.41) is 12.0.